The van der Waals surface area contributed by atoms with Crippen LogP contribution in [0, 0.1) is 13.8 Å². The van der Waals surface area contributed by atoms with Crippen LogP contribution in [0.3, 0.4) is 0 Å². The highest BCUT2D eigenvalue weighted by Gasteiger charge is 2.08. The van der Waals surface area contributed by atoms with Crippen molar-refractivity contribution in [3.8, 4) is 11.4 Å². The van der Waals surface area contributed by atoms with Crippen LogP contribution in [0.4, 0.5) is 5.69 Å². The van der Waals surface area contributed by atoms with Crippen LogP contribution >= 0.6 is 0 Å². The minimum atomic E-state index is 0.618. The lowest BCUT2D eigenvalue weighted by molar-refractivity contribution is 0.415. The molecule has 0 bridgehead atoms. The van der Waals surface area contributed by atoms with E-state index in [4.69, 9.17) is 10.5 Å². The zero-order chi connectivity index (χ0) is 11.7. The maximum atomic E-state index is 5.94. The van der Waals surface area contributed by atoms with Gasteiger partial charge in [0.05, 0.1) is 18.5 Å². The average Bonchev–Trinajstić information content (AvgIpc) is 2.57. The lowest BCUT2D eigenvalue weighted by atomic mass is 10.2. The van der Waals surface area contributed by atoms with Crippen LogP contribution in [0.15, 0.2) is 18.2 Å². The van der Waals surface area contributed by atoms with E-state index >= 15 is 0 Å². The van der Waals surface area contributed by atoms with E-state index in [1.807, 2.05) is 26.0 Å². The molecule has 0 atom stereocenters. The fourth-order valence-corrected chi connectivity index (χ4v) is 1.60. The Balaban J connectivity index is 2.52. The molecule has 0 unspecified atom stereocenters. The number of nitrogens with two attached hydrogens (primary N) is 1. The van der Waals surface area contributed by atoms with Gasteiger partial charge in [-0.25, -0.2) is 9.67 Å². The topological polar surface area (TPSA) is 66.0 Å². The third kappa shape index (κ3) is 1.71. The molecule has 0 aliphatic rings. The van der Waals surface area contributed by atoms with Crippen molar-refractivity contribution in [1.29, 1.82) is 0 Å². The number of aryl methyl sites for hydroxylation is 2. The lowest BCUT2D eigenvalue weighted by Crippen LogP contribution is -2.03. The molecule has 2 aromatic rings. The zero-order valence-electron chi connectivity index (χ0n) is 9.56. The number of benzene rings is 1. The summed E-state index contributed by atoms with van der Waals surface area (Å²) in [5, 5.41) is 4.28. The Kier molecular flexibility index (Phi) is 2.52. The van der Waals surface area contributed by atoms with Crippen molar-refractivity contribution in [2.45, 2.75) is 13.8 Å². The van der Waals surface area contributed by atoms with E-state index < -0.39 is 0 Å². The number of nitrogen functional groups attached to an aromatic ring is 1. The SMILES string of the molecule is COc1ccc(-n2nc(C)nc2C)c(N)c1. The van der Waals surface area contributed by atoms with Crippen molar-refractivity contribution in [2.24, 2.45) is 0 Å². The summed E-state index contributed by atoms with van der Waals surface area (Å²) in [5.74, 6) is 2.28. The first-order valence-electron chi connectivity index (χ1n) is 4.96. The van der Waals surface area contributed by atoms with Gasteiger partial charge in [0.15, 0.2) is 0 Å². The van der Waals surface area contributed by atoms with E-state index in [1.165, 1.54) is 0 Å². The first-order chi connectivity index (χ1) is 7.61. The summed E-state index contributed by atoms with van der Waals surface area (Å²) in [6.45, 7) is 3.74. The van der Waals surface area contributed by atoms with Gasteiger partial charge >= 0.3 is 0 Å². The van der Waals surface area contributed by atoms with Crippen LogP contribution in [-0.4, -0.2) is 21.9 Å². The summed E-state index contributed by atoms with van der Waals surface area (Å²) in [4.78, 5) is 4.24. The highest BCUT2D eigenvalue weighted by atomic mass is 16.5. The number of hydrogen-bond donors (Lipinski definition) is 1. The van der Waals surface area contributed by atoms with E-state index in [0.29, 0.717) is 5.69 Å². The number of nitrogens with zero attached hydrogens (tertiary/aromatic N) is 3. The van der Waals surface area contributed by atoms with Crippen molar-refractivity contribution in [3.05, 3.63) is 29.8 Å². The van der Waals surface area contributed by atoms with Gasteiger partial charge in [-0.3, -0.25) is 0 Å². The monoisotopic (exact) mass is 218 g/mol. The van der Waals surface area contributed by atoms with E-state index in [0.717, 1.165) is 23.1 Å². The van der Waals surface area contributed by atoms with E-state index in [9.17, 15) is 0 Å². The fourth-order valence-electron chi connectivity index (χ4n) is 1.60. The second-order valence-corrected chi connectivity index (χ2v) is 3.54. The summed E-state index contributed by atoms with van der Waals surface area (Å²) >= 11 is 0. The van der Waals surface area contributed by atoms with Crippen LogP contribution in [-0.2, 0) is 0 Å². The molecule has 5 nitrogen and oxygen atoms in total. The molecule has 16 heavy (non-hydrogen) atoms. The molecular formula is C11H14N4O. The quantitative estimate of drug-likeness (QED) is 0.775. The third-order valence-corrected chi connectivity index (χ3v) is 2.34. The Hall–Kier alpha value is -2.04. The maximum Gasteiger partial charge on any atom is 0.148 e. The second-order valence-electron chi connectivity index (χ2n) is 3.54. The summed E-state index contributed by atoms with van der Waals surface area (Å²) in [6.07, 6.45) is 0. The lowest BCUT2D eigenvalue weighted by Gasteiger charge is -2.08. The van der Waals surface area contributed by atoms with Crippen LogP contribution in [0.5, 0.6) is 5.75 Å². The molecule has 0 saturated heterocycles. The summed E-state index contributed by atoms with van der Waals surface area (Å²) in [7, 11) is 1.61. The Morgan fingerprint density at radius 1 is 1.31 bits per heavy atom. The van der Waals surface area contributed by atoms with Gasteiger partial charge in [-0.1, -0.05) is 0 Å². The maximum absolute atomic E-state index is 5.94. The summed E-state index contributed by atoms with van der Waals surface area (Å²) in [5.41, 5.74) is 7.37. The summed E-state index contributed by atoms with van der Waals surface area (Å²) in [6, 6.07) is 5.49. The van der Waals surface area contributed by atoms with Gasteiger partial charge in [0.2, 0.25) is 0 Å². The van der Waals surface area contributed by atoms with E-state index in [2.05, 4.69) is 10.1 Å². The van der Waals surface area contributed by atoms with Crippen molar-refractivity contribution in [2.75, 3.05) is 12.8 Å². The van der Waals surface area contributed by atoms with Crippen molar-refractivity contribution >= 4 is 5.69 Å². The second kappa shape index (κ2) is 3.84. The fraction of sp³-hybridized carbons (Fsp3) is 0.273. The Bertz CT molecular complexity index is 519. The molecule has 1 aromatic carbocycles. The molecule has 1 heterocycles. The van der Waals surface area contributed by atoms with Crippen LogP contribution in [0.2, 0.25) is 0 Å². The highest BCUT2D eigenvalue weighted by Crippen LogP contribution is 2.23. The molecule has 0 saturated carbocycles. The van der Waals surface area contributed by atoms with Crippen LogP contribution in [0.25, 0.3) is 5.69 Å². The third-order valence-electron chi connectivity index (χ3n) is 2.34. The van der Waals surface area contributed by atoms with E-state index in [1.54, 1.807) is 17.9 Å². The van der Waals surface area contributed by atoms with Crippen LogP contribution in [0.1, 0.15) is 11.6 Å². The summed E-state index contributed by atoms with van der Waals surface area (Å²) < 4.78 is 6.82. The molecule has 84 valence electrons. The van der Waals surface area contributed by atoms with Gasteiger partial charge in [0.25, 0.3) is 0 Å². The molecule has 0 fully saturated rings. The highest BCUT2D eigenvalue weighted by molar-refractivity contribution is 5.60. The molecule has 1 aromatic heterocycles. The molecule has 0 radical (unpaired) electrons. The largest absolute Gasteiger partial charge is 0.497 e. The Morgan fingerprint density at radius 2 is 2.06 bits per heavy atom. The first kappa shape index (κ1) is 10.5. The van der Waals surface area contributed by atoms with Crippen molar-refractivity contribution in [3.63, 3.8) is 0 Å². The van der Waals surface area contributed by atoms with Crippen molar-refractivity contribution < 1.29 is 4.74 Å². The minimum Gasteiger partial charge on any atom is -0.497 e. The Labute approximate surface area is 93.9 Å². The first-order valence-corrected chi connectivity index (χ1v) is 4.96. The van der Waals surface area contributed by atoms with Crippen molar-refractivity contribution in [1.82, 2.24) is 14.8 Å². The van der Waals surface area contributed by atoms with Gasteiger partial charge < -0.3 is 10.5 Å². The Morgan fingerprint density at radius 3 is 2.56 bits per heavy atom. The number of ether oxygens (including phenoxy) is 1. The van der Waals surface area contributed by atoms with Gasteiger partial charge in [0.1, 0.15) is 17.4 Å². The standard InChI is InChI=1S/C11H14N4O/c1-7-13-8(2)15(14-7)11-5-4-9(16-3)6-10(11)12/h4-6H,12H2,1-3H3. The van der Waals surface area contributed by atoms with Gasteiger partial charge in [-0.05, 0) is 26.0 Å². The predicted molar refractivity (Wildman–Crippen MR) is 61.8 cm³/mol. The van der Waals surface area contributed by atoms with Gasteiger partial charge in [0, 0.05) is 6.07 Å². The van der Waals surface area contributed by atoms with Crippen LogP contribution < -0.4 is 10.5 Å². The zero-order valence-corrected chi connectivity index (χ0v) is 9.56. The number of anilines is 1. The number of aromatic nitrogens is 3. The van der Waals surface area contributed by atoms with Gasteiger partial charge in [-0.15, -0.1) is 0 Å². The number of rotatable bonds is 2. The number of hydrogen-bond acceptors (Lipinski definition) is 4. The van der Waals surface area contributed by atoms with Gasteiger partial charge in [-0.2, -0.15) is 5.10 Å². The molecule has 5 heteroatoms. The number of methoxy groups -OCH3 is 1. The molecule has 2 N–H and O–H groups in total. The molecule has 2 rings (SSSR count). The predicted octanol–water partition coefficient (Wildman–Crippen LogP) is 1.47. The average molecular weight is 218 g/mol. The molecule has 0 aliphatic heterocycles. The molecular weight excluding hydrogens is 204 g/mol. The normalized spacial score (nSPS) is 10.4. The smallest absolute Gasteiger partial charge is 0.148 e. The molecule has 0 spiro atoms. The van der Waals surface area contributed by atoms with E-state index in [-0.39, 0.29) is 0 Å². The molecule has 0 aliphatic carbocycles. The minimum absolute atomic E-state index is 0.618. The molecule has 0 amide bonds.